The van der Waals surface area contributed by atoms with E-state index >= 15 is 0 Å². The molecule has 0 spiro atoms. The van der Waals surface area contributed by atoms with Crippen molar-refractivity contribution in [2.45, 2.75) is 33.1 Å². The highest BCUT2D eigenvalue weighted by atomic mass is 16.5. The minimum absolute atomic E-state index is 0.840. The summed E-state index contributed by atoms with van der Waals surface area (Å²) in [5, 5.41) is 0. The van der Waals surface area contributed by atoms with Gasteiger partial charge in [-0.05, 0) is 33.1 Å². The molecular weight excluding hydrogens is 152 g/mol. The van der Waals surface area contributed by atoms with E-state index in [1.165, 1.54) is 12.0 Å². The fraction of sp³-hybridized carbons (Fsp3) is 0.600. The van der Waals surface area contributed by atoms with Gasteiger partial charge < -0.3 is 9.15 Å². The van der Waals surface area contributed by atoms with Crippen molar-refractivity contribution in [3.05, 3.63) is 17.1 Å². The van der Waals surface area contributed by atoms with Crippen molar-refractivity contribution < 1.29 is 9.15 Å². The Hall–Kier alpha value is -0.920. The van der Waals surface area contributed by atoms with Crippen LogP contribution in [0.4, 0.5) is 0 Å². The molecule has 0 fully saturated rings. The van der Waals surface area contributed by atoms with Crippen LogP contribution in [0.2, 0.25) is 0 Å². The third-order valence-corrected chi connectivity index (χ3v) is 2.39. The third-order valence-electron chi connectivity index (χ3n) is 2.39. The zero-order valence-corrected chi connectivity index (χ0v) is 7.64. The Kier molecular flexibility index (Phi) is 1.83. The lowest BCUT2D eigenvalue weighted by atomic mass is 10.1. The molecule has 0 saturated carbocycles. The Bertz CT molecular complexity index is 260. The predicted octanol–water partition coefficient (Wildman–Crippen LogP) is 2.61. The Morgan fingerprint density at radius 3 is 2.75 bits per heavy atom. The molecule has 1 aromatic heterocycles. The molecule has 1 aliphatic heterocycles. The lowest BCUT2D eigenvalue weighted by Gasteiger charge is -2.00. The Morgan fingerprint density at radius 1 is 1.08 bits per heavy atom. The second kappa shape index (κ2) is 2.85. The highest BCUT2D eigenvalue weighted by Gasteiger charge is 2.17. The first-order chi connectivity index (χ1) is 5.79. The van der Waals surface area contributed by atoms with E-state index in [1.54, 1.807) is 0 Å². The molecule has 2 nitrogen and oxygen atoms in total. The van der Waals surface area contributed by atoms with Crippen molar-refractivity contribution >= 4 is 0 Å². The summed E-state index contributed by atoms with van der Waals surface area (Å²) in [5.41, 5.74) is 1.28. The summed E-state index contributed by atoms with van der Waals surface area (Å²) in [5.74, 6) is 2.97. The topological polar surface area (TPSA) is 22.4 Å². The summed E-state index contributed by atoms with van der Waals surface area (Å²) < 4.78 is 11.1. The fourth-order valence-electron chi connectivity index (χ4n) is 1.77. The molecule has 0 N–H and O–H groups in total. The third kappa shape index (κ3) is 1.11. The zero-order chi connectivity index (χ0) is 8.55. The Labute approximate surface area is 72.5 Å². The number of fused-ring (bicyclic) bond motifs is 1. The first-order valence-corrected chi connectivity index (χ1v) is 4.50. The maximum Gasteiger partial charge on any atom is 0.163 e. The molecule has 0 aromatic carbocycles. The second-order valence-corrected chi connectivity index (χ2v) is 3.33. The van der Waals surface area contributed by atoms with Gasteiger partial charge in [-0.1, -0.05) is 0 Å². The minimum Gasteiger partial charge on any atom is -0.490 e. The van der Waals surface area contributed by atoms with Crippen LogP contribution in [0.15, 0.2) is 4.42 Å². The molecule has 0 saturated heterocycles. The van der Waals surface area contributed by atoms with Gasteiger partial charge in [0.1, 0.15) is 11.5 Å². The molecule has 0 aliphatic carbocycles. The van der Waals surface area contributed by atoms with Crippen molar-refractivity contribution in [3.63, 3.8) is 0 Å². The molecule has 1 aromatic rings. The lowest BCUT2D eigenvalue weighted by molar-refractivity contribution is 0.307. The van der Waals surface area contributed by atoms with Gasteiger partial charge in [-0.15, -0.1) is 0 Å². The Balaban J connectivity index is 2.44. The van der Waals surface area contributed by atoms with Crippen LogP contribution in [0.25, 0.3) is 0 Å². The molecular formula is C10H14O2. The lowest BCUT2D eigenvalue weighted by Crippen LogP contribution is -1.94. The van der Waals surface area contributed by atoms with E-state index < -0.39 is 0 Å². The highest BCUT2D eigenvalue weighted by Crippen LogP contribution is 2.32. The molecule has 0 amide bonds. The molecule has 0 unspecified atom stereocenters. The normalized spacial score (nSPS) is 16.5. The van der Waals surface area contributed by atoms with Gasteiger partial charge in [0.25, 0.3) is 0 Å². The summed E-state index contributed by atoms with van der Waals surface area (Å²) in [4.78, 5) is 0. The van der Waals surface area contributed by atoms with Crippen LogP contribution < -0.4 is 4.74 Å². The number of rotatable bonds is 0. The van der Waals surface area contributed by atoms with E-state index in [9.17, 15) is 0 Å². The summed E-state index contributed by atoms with van der Waals surface area (Å²) >= 11 is 0. The number of aryl methyl sites for hydroxylation is 2. The number of furan rings is 1. The standard InChI is InChI=1S/C10H14O2/c1-7-9-5-3-4-6-11-10(9)8(2)12-7/h3-6H2,1-2H3. The molecule has 2 heteroatoms. The van der Waals surface area contributed by atoms with Crippen LogP contribution in [0, 0.1) is 13.8 Å². The van der Waals surface area contributed by atoms with Gasteiger partial charge in [0, 0.05) is 5.56 Å². The fourth-order valence-corrected chi connectivity index (χ4v) is 1.77. The smallest absolute Gasteiger partial charge is 0.163 e. The van der Waals surface area contributed by atoms with E-state index in [2.05, 4.69) is 0 Å². The maximum absolute atomic E-state index is 5.61. The van der Waals surface area contributed by atoms with Crippen LogP contribution >= 0.6 is 0 Å². The van der Waals surface area contributed by atoms with Crippen molar-refractivity contribution in [2.24, 2.45) is 0 Å². The van der Waals surface area contributed by atoms with Gasteiger partial charge in [0.05, 0.1) is 6.61 Å². The summed E-state index contributed by atoms with van der Waals surface area (Å²) in [6.07, 6.45) is 3.49. The van der Waals surface area contributed by atoms with E-state index in [0.717, 1.165) is 36.7 Å². The molecule has 2 heterocycles. The van der Waals surface area contributed by atoms with Crippen LogP contribution in [-0.2, 0) is 6.42 Å². The average molecular weight is 166 g/mol. The first kappa shape index (κ1) is 7.71. The Morgan fingerprint density at radius 2 is 1.92 bits per heavy atom. The molecule has 2 rings (SSSR count). The van der Waals surface area contributed by atoms with E-state index in [4.69, 9.17) is 9.15 Å². The summed E-state index contributed by atoms with van der Waals surface area (Å²) in [6.45, 7) is 4.82. The van der Waals surface area contributed by atoms with Crippen molar-refractivity contribution in [2.75, 3.05) is 6.61 Å². The molecule has 1 aliphatic rings. The van der Waals surface area contributed by atoms with Crippen molar-refractivity contribution in [1.82, 2.24) is 0 Å². The van der Waals surface area contributed by atoms with Gasteiger partial charge in [0.15, 0.2) is 5.75 Å². The van der Waals surface area contributed by atoms with Crippen LogP contribution in [0.1, 0.15) is 29.9 Å². The quantitative estimate of drug-likeness (QED) is 0.591. The predicted molar refractivity (Wildman–Crippen MR) is 46.6 cm³/mol. The molecule has 66 valence electrons. The minimum atomic E-state index is 0.840. The van der Waals surface area contributed by atoms with E-state index in [1.807, 2.05) is 13.8 Å². The first-order valence-electron chi connectivity index (χ1n) is 4.50. The average Bonchev–Trinajstić information content (AvgIpc) is 2.29. The van der Waals surface area contributed by atoms with Gasteiger partial charge in [0.2, 0.25) is 0 Å². The van der Waals surface area contributed by atoms with Gasteiger partial charge in [-0.3, -0.25) is 0 Å². The molecule has 12 heavy (non-hydrogen) atoms. The SMILES string of the molecule is Cc1oc(C)c2c1CCCCO2. The maximum atomic E-state index is 5.61. The molecule has 0 radical (unpaired) electrons. The number of hydrogen-bond donors (Lipinski definition) is 0. The summed E-state index contributed by atoms with van der Waals surface area (Å²) in [6, 6.07) is 0. The second-order valence-electron chi connectivity index (χ2n) is 3.33. The monoisotopic (exact) mass is 166 g/mol. The summed E-state index contributed by atoms with van der Waals surface area (Å²) in [7, 11) is 0. The number of hydrogen-bond acceptors (Lipinski definition) is 2. The van der Waals surface area contributed by atoms with Gasteiger partial charge in [-0.2, -0.15) is 0 Å². The van der Waals surface area contributed by atoms with Crippen molar-refractivity contribution in [1.29, 1.82) is 0 Å². The van der Waals surface area contributed by atoms with Gasteiger partial charge >= 0.3 is 0 Å². The largest absolute Gasteiger partial charge is 0.490 e. The van der Waals surface area contributed by atoms with E-state index in [0.29, 0.717) is 0 Å². The van der Waals surface area contributed by atoms with E-state index in [-0.39, 0.29) is 0 Å². The highest BCUT2D eigenvalue weighted by molar-refractivity contribution is 5.39. The van der Waals surface area contributed by atoms with Crippen LogP contribution in [-0.4, -0.2) is 6.61 Å². The zero-order valence-electron chi connectivity index (χ0n) is 7.64. The molecule has 0 atom stereocenters. The van der Waals surface area contributed by atoms with Crippen molar-refractivity contribution in [3.8, 4) is 5.75 Å². The van der Waals surface area contributed by atoms with Crippen LogP contribution in [0.3, 0.4) is 0 Å². The van der Waals surface area contributed by atoms with Gasteiger partial charge in [-0.25, -0.2) is 0 Å². The van der Waals surface area contributed by atoms with Crippen LogP contribution in [0.5, 0.6) is 5.75 Å². The molecule has 0 bridgehead atoms. The number of ether oxygens (including phenoxy) is 1.